The number of nitrogens with one attached hydrogen (secondary N) is 2. The highest BCUT2D eigenvalue weighted by Crippen LogP contribution is 2.30. The molecule has 3 aromatic heterocycles. The number of fused-ring (bicyclic) bond motifs is 1. The standard InChI is InChI=1S/C22H16ClN5O.ClH/c1-13-19(14-2-4-15(5-3-14)21-24-10-11-25-21)20-18(12-26-13)22(29)28(27-20)17-8-6-16(23)7-9-17;/h2-12,27H,1H3,(H,24,25);1H. The molecule has 0 saturated carbocycles. The van der Waals surface area contributed by atoms with Crippen LogP contribution in [0.4, 0.5) is 0 Å². The summed E-state index contributed by atoms with van der Waals surface area (Å²) in [6.45, 7) is 1.94. The average molecular weight is 438 g/mol. The van der Waals surface area contributed by atoms with Crippen LogP contribution in [0.2, 0.25) is 5.02 Å². The van der Waals surface area contributed by atoms with Crippen molar-refractivity contribution in [3.05, 3.63) is 88.2 Å². The van der Waals surface area contributed by atoms with E-state index < -0.39 is 0 Å². The number of hydrogen-bond acceptors (Lipinski definition) is 3. The molecule has 5 aromatic rings. The fraction of sp³-hybridized carbons (Fsp3) is 0.0455. The summed E-state index contributed by atoms with van der Waals surface area (Å²) in [5.74, 6) is 0.812. The van der Waals surface area contributed by atoms with E-state index in [0.717, 1.165) is 33.7 Å². The summed E-state index contributed by atoms with van der Waals surface area (Å²) in [4.78, 5) is 24.8. The predicted octanol–water partition coefficient (Wildman–Crippen LogP) is 5.15. The number of pyridine rings is 1. The molecule has 0 atom stereocenters. The molecule has 0 unspecified atom stereocenters. The van der Waals surface area contributed by atoms with Crippen molar-refractivity contribution >= 4 is 34.9 Å². The molecule has 0 aliphatic heterocycles. The number of imidazole rings is 1. The van der Waals surface area contributed by atoms with Gasteiger partial charge < -0.3 is 4.98 Å². The third-order valence-corrected chi connectivity index (χ3v) is 5.21. The van der Waals surface area contributed by atoms with Crippen LogP contribution in [0.25, 0.3) is 39.1 Å². The Morgan fingerprint density at radius 3 is 2.33 bits per heavy atom. The van der Waals surface area contributed by atoms with Crippen molar-refractivity contribution in [2.75, 3.05) is 0 Å². The largest absolute Gasteiger partial charge is 0.345 e. The van der Waals surface area contributed by atoms with Gasteiger partial charge in [0.25, 0.3) is 5.56 Å². The number of aromatic amines is 2. The molecule has 0 spiro atoms. The summed E-state index contributed by atoms with van der Waals surface area (Å²) in [7, 11) is 0. The molecule has 0 amide bonds. The molecule has 30 heavy (non-hydrogen) atoms. The van der Waals surface area contributed by atoms with Gasteiger partial charge in [0.1, 0.15) is 5.82 Å². The molecule has 0 saturated heterocycles. The number of aryl methyl sites for hydroxylation is 1. The monoisotopic (exact) mass is 437 g/mol. The highest BCUT2D eigenvalue weighted by molar-refractivity contribution is 6.30. The normalized spacial score (nSPS) is 10.9. The van der Waals surface area contributed by atoms with Gasteiger partial charge in [-0.15, -0.1) is 12.4 Å². The molecule has 5 rings (SSSR count). The predicted molar refractivity (Wildman–Crippen MR) is 122 cm³/mol. The van der Waals surface area contributed by atoms with Crippen LogP contribution in [0.15, 0.2) is 71.9 Å². The minimum atomic E-state index is -0.150. The molecule has 6 nitrogen and oxygen atoms in total. The maximum absolute atomic E-state index is 13.0. The van der Waals surface area contributed by atoms with E-state index in [1.807, 2.05) is 31.2 Å². The minimum Gasteiger partial charge on any atom is -0.345 e. The molecule has 0 bridgehead atoms. The molecule has 2 aromatic carbocycles. The second-order valence-corrected chi connectivity index (χ2v) is 7.19. The van der Waals surface area contributed by atoms with Crippen LogP contribution in [0.1, 0.15) is 5.69 Å². The van der Waals surface area contributed by atoms with Crippen LogP contribution < -0.4 is 5.56 Å². The van der Waals surface area contributed by atoms with E-state index in [-0.39, 0.29) is 18.0 Å². The Hall–Kier alpha value is -3.35. The van der Waals surface area contributed by atoms with Gasteiger partial charge in [0.2, 0.25) is 0 Å². The smallest absolute Gasteiger partial charge is 0.280 e. The molecule has 0 radical (unpaired) electrons. The number of benzene rings is 2. The fourth-order valence-corrected chi connectivity index (χ4v) is 3.64. The zero-order valence-corrected chi connectivity index (χ0v) is 17.5. The molecule has 0 aliphatic rings. The van der Waals surface area contributed by atoms with E-state index >= 15 is 0 Å². The molecule has 2 N–H and O–H groups in total. The first-order chi connectivity index (χ1) is 14.1. The van der Waals surface area contributed by atoms with Crippen LogP contribution in [-0.2, 0) is 0 Å². The highest BCUT2D eigenvalue weighted by atomic mass is 35.5. The van der Waals surface area contributed by atoms with Gasteiger partial charge in [-0.1, -0.05) is 35.9 Å². The zero-order chi connectivity index (χ0) is 20.0. The van der Waals surface area contributed by atoms with Crippen molar-refractivity contribution in [2.24, 2.45) is 0 Å². The first-order valence-corrected chi connectivity index (χ1v) is 9.46. The number of H-pyrrole nitrogens is 2. The average Bonchev–Trinajstić information content (AvgIpc) is 3.38. The summed E-state index contributed by atoms with van der Waals surface area (Å²) in [6, 6.07) is 15.1. The quantitative estimate of drug-likeness (QED) is 0.409. The summed E-state index contributed by atoms with van der Waals surface area (Å²) in [5.41, 5.74) is 5.02. The number of hydrogen-bond donors (Lipinski definition) is 2. The lowest BCUT2D eigenvalue weighted by Gasteiger charge is -2.08. The van der Waals surface area contributed by atoms with E-state index in [4.69, 9.17) is 11.6 Å². The van der Waals surface area contributed by atoms with Crippen LogP contribution in [-0.4, -0.2) is 24.7 Å². The third kappa shape index (κ3) is 3.30. The van der Waals surface area contributed by atoms with Crippen molar-refractivity contribution < 1.29 is 0 Å². The number of nitrogens with zero attached hydrogens (tertiary/aromatic N) is 3. The number of aromatic nitrogens is 5. The van der Waals surface area contributed by atoms with Crippen molar-refractivity contribution in [1.82, 2.24) is 24.7 Å². The van der Waals surface area contributed by atoms with Gasteiger partial charge in [-0.05, 0) is 36.8 Å². The Morgan fingerprint density at radius 2 is 1.67 bits per heavy atom. The van der Waals surface area contributed by atoms with Crippen molar-refractivity contribution in [1.29, 1.82) is 0 Å². The Kier molecular flexibility index (Phi) is 5.20. The zero-order valence-electron chi connectivity index (χ0n) is 15.9. The SMILES string of the molecule is Cc1ncc2c(=O)n(-c3ccc(Cl)cc3)[nH]c2c1-c1ccc(-c2ncc[nH]2)cc1.Cl. The Morgan fingerprint density at radius 1 is 0.967 bits per heavy atom. The van der Waals surface area contributed by atoms with Crippen LogP contribution in [0.5, 0.6) is 0 Å². The van der Waals surface area contributed by atoms with Crippen LogP contribution in [0, 0.1) is 6.92 Å². The van der Waals surface area contributed by atoms with Crippen molar-refractivity contribution in [3.63, 3.8) is 0 Å². The Labute approximate surface area is 183 Å². The van der Waals surface area contributed by atoms with Gasteiger partial charge in [-0.3, -0.25) is 14.9 Å². The second-order valence-electron chi connectivity index (χ2n) is 6.75. The lowest BCUT2D eigenvalue weighted by atomic mass is 10.0. The van der Waals surface area contributed by atoms with Gasteiger partial charge in [-0.25, -0.2) is 9.67 Å². The van der Waals surface area contributed by atoms with E-state index in [2.05, 4.69) is 20.1 Å². The Bertz CT molecular complexity index is 1370. The molecule has 150 valence electrons. The molecule has 0 fully saturated rings. The maximum Gasteiger partial charge on any atom is 0.280 e. The third-order valence-electron chi connectivity index (χ3n) is 4.96. The highest BCUT2D eigenvalue weighted by Gasteiger charge is 2.16. The fourth-order valence-electron chi connectivity index (χ4n) is 3.51. The van der Waals surface area contributed by atoms with E-state index in [1.54, 1.807) is 42.9 Å². The molecular weight excluding hydrogens is 421 g/mol. The van der Waals surface area contributed by atoms with Gasteiger partial charge in [0, 0.05) is 40.4 Å². The number of halogens is 2. The first-order valence-electron chi connectivity index (χ1n) is 9.08. The summed E-state index contributed by atoms with van der Waals surface area (Å²) >= 11 is 5.98. The molecule has 0 aliphatic carbocycles. The van der Waals surface area contributed by atoms with Gasteiger partial charge in [0.05, 0.1) is 16.6 Å². The van der Waals surface area contributed by atoms with E-state index in [9.17, 15) is 4.79 Å². The summed E-state index contributed by atoms with van der Waals surface area (Å²) in [6.07, 6.45) is 5.14. The number of rotatable bonds is 3. The van der Waals surface area contributed by atoms with Gasteiger partial charge in [-0.2, -0.15) is 0 Å². The summed E-state index contributed by atoms with van der Waals surface area (Å²) in [5, 5.41) is 4.41. The van der Waals surface area contributed by atoms with E-state index in [1.165, 1.54) is 4.68 Å². The molecule has 8 heteroatoms. The summed E-state index contributed by atoms with van der Waals surface area (Å²) < 4.78 is 1.52. The lowest BCUT2D eigenvalue weighted by Crippen LogP contribution is -2.14. The maximum atomic E-state index is 13.0. The van der Waals surface area contributed by atoms with Crippen LogP contribution >= 0.6 is 24.0 Å². The van der Waals surface area contributed by atoms with Crippen LogP contribution in [0.3, 0.4) is 0 Å². The van der Waals surface area contributed by atoms with E-state index in [0.29, 0.717) is 16.1 Å². The second kappa shape index (κ2) is 7.82. The van der Waals surface area contributed by atoms with Crippen molar-refractivity contribution in [2.45, 2.75) is 6.92 Å². The lowest BCUT2D eigenvalue weighted by molar-refractivity contribution is 0.864. The van der Waals surface area contributed by atoms with Gasteiger partial charge in [0.15, 0.2) is 0 Å². The topological polar surface area (TPSA) is 79.4 Å². The first kappa shape index (κ1) is 19.9. The van der Waals surface area contributed by atoms with Crippen molar-refractivity contribution in [3.8, 4) is 28.2 Å². The Balaban J connectivity index is 0.00000218. The van der Waals surface area contributed by atoms with Gasteiger partial charge >= 0.3 is 0 Å². The minimum absolute atomic E-state index is 0. The molecule has 3 heterocycles. The molecular formula is C22H17Cl2N5O.